The lowest BCUT2D eigenvalue weighted by Crippen LogP contribution is -2.17. The number of rotatable bonds is 1. The maximum absolute atomic E-state index is 11.8. The van der Waals surface area contributed by atoms with Gasteiger partial charge in [-0.25, -0.2) is 0 Å². The van der Waals surface area contributed by atoms with E-state index in [-0.39, 0.29) is 11.7 Å². The van der Waals surface area contributed by atoms with Gasteiger partial charge in [-0.15, -0.1) is 0 Å². The number of benzene rings is 1. The molecule has 3 heteroatoms. The van der Waals surface area contributed by atoms with Crippen LogP contribution < -0.4 is 5.56 Å². The fraction of sp³-hybridized carbons (Fsp3) is 0.214. The number of fused-ring (bicyclic) bond motifs is 1. The molecule has 0 saturated heterocycles. The standard InChI is InChI=1S/C14H13NO2/c16-13-8-7-10-11(13)4-3-5-12(10)15-9-2-1-6-14(15)17/h1-6,9,13,16H,7-8H2. The van der Waals surface area contributed by atoms with E-state index in [1.807, 2.05) is 24.3 Å². The molecule has 3 nitrogen and oxygen atoms in total. The van der Waals surface area contributed by atoms with Crippen molar-refractivity contribution >= 4 is 0 Å². The SMILES string of the molecule is O=c1ccccn1-c1cccc2c1CCC2O. The van der Waals surface area contributed by atoms with E-state index in [1.54, 1.807) is 22.9 Å². The molecule has 17 heavy (non-hydrogen) atoms. The zero-order valence-corrected chi connectivity index (χ0v) is 9.34. The summed E-state index contributed by atoms with van der Waals surface area (Å²) in [6.07, 6.45) is 2.95. The zero-order valence-electron chi connectivity index (χ0n) is 9.34. The number of hydrogen-bond donors (Lipinski definition) is 1. The molecule has 3 rings (SSSR count). The second-order valence-corrected chi connectivity index (χ2v) is 4.31. The molecule has 1 aromatic carbocycles. The third-order valence-corrected chi connectivity index (χ3v) is 3.30. The Morgan fingerprint density at radius 3 is 2.88 bits per heavy atom. The van der Waals surface area contributed by atoms with Crippen molar-refractivity contribution in [2.45, 2.75) is 18.9 Å². The summed E-state index contributed by atoms with van der Waals surface area (Å²) in [6.45, 7) is 0. The van der Waals surface area contributed by atoms with Crippen LogP contribution >= 0.6 is 0 Å². The molecule has 0 saturated carbocycles. The minimum absolute atomic E-state index is 0.0395. The Balaban J connectivity index is 2.24. The van der Waals surface area contributed by atoms with E-state index >= 15 is 0 Å². The van der Waals surface area contributed by atoms with Gasteiger partial charge < -0.3 is 5.11 Å². The monoisotopic (exact) mass is 227 g/mol. The first-order chi connectivity index (χ1) is 8.27. The zero-order chi connectivity index (χ0) is 11.8. The molecule has 0 bridgehead atoms. The van der Waals surface area contributed by atoms with Gasteiger partial charge in [0.25, 0.3) is 5.56 Å². The molecule has 1 heterocycles. The third-order valence-electron chi connectivity index (χ3n) is 3.30. The first kappa shape index (κ1) is 10.3. The second kappa shape index (κ2) is 3.86. The van der Waals surface area contributed by atoms with Gasteiger partial charge in [-0.2, -0.15) is 0 Å². The van der Waals surface area contributed by atoms with Crippen LogP contribution in [0.2, 0.25) is 0 Å². The predicted octanol–water partition coefficient (Wildman–Crippen LogP) is 1.82. The maximum Gasteiger partial charge on any atom is 0.255 e. The summed E-state index contributed by atoms with van der Waals surface area (Å²) in [5.74, 6) is 0. The quantitative estimate of drug-likeness (QED) is 0.807. The first-order valence-corrected chi connectivity index (χ1v) is 5.75. The lowest BCUT2D eigenvalue weighted by Gasteiger charge is -2.11. The fourth-order valence-electron chi connectivity index (χ4n) is 2.47. The van der Waals surface area contributed by atoms with Crippen LogP contribution in [0.1, 0.15) is 23.7 Å². The molecule has 1 aromatic heterocycles. The Hall–Kier alpha value is -1.87. The molecule has 0 radical (unpaired) electrons. The van der Waals surface area contributed by atoms with Crippen molar-refractivity contribution in [2.75, 3.05) is 0 Å². The van der Waals surface area contributed by atoms with Crippen molar-refractivity contribution in [3.05, 3.63) is 64.1 Å². The number of hydrogen-bond acceptors (Lipinski definition) is 2. The van der Waals surface area contributed by atoms with E-state index in [2.05, 4.69) is 0 Å². The molecule has 0 fully saturated rings. The average Bonchev–Trinajstić information content (AvgIpc) is 2.72. The summed E-state index contributed by atoms with van der Waals surface area (Å²) in [5, 5.41) is 9.83. The molecule has 0 aliphatic heterocycles. The largest absolute Gasteiger partial charge is 0.388 e. The minimum atomic E-state index is -0.385. The van der Waals surface area contributed by atoms with Crippen molar-refractivity contribution in [1.29, 1.82) is 0 Å². The van der Waals surface area contributed by atoms with Gasteiger partial charge >= 0.3 is 0 Å². The smallest absolute Gasteiger partial charge is 0.255 e. The van der Waals surface area contributed by atoms with Gasteiger partial charge in [-0.1, -0.05) is 18.2 Å². The van der Waals surface area contributed by atoms with Crippen LogP contribution in [0.4, 0.5) is 0 Å². The van der Waals surface area contributed by atoms with Crippen molar-refractivity contribution in [3.8, 4) is 5.69 Å². The number of aliphatic hydroxyl groups is 1. The molecular formula is C14H13NO2. The van der Waals surface area contributed by atoms with Crippen LogP contribution in [0.25, 0.3) is 5.69 Å². The fourth-order valence-corrected chi connectivity index (χ4v) is 2.47. The molecule has 86 valence electrons. The van der Waals surface area contributed by atoms with Gasteiger partial charge in [0.05, 0.1) is 11.8 Å². The minimum Gasteiger partial charge on any atom is -0.388 e. The van der Waals surface area contributed by atoms with Crippen molar-refractivity contribution in [3.63, 3.8) is 0 Å². The molecule has 1 N–H and O–H groups in total. The number of aliphatic hydroxyl groups excluding tert-OH is 1. The first-order valence-electron chi connectivity index (χ1n) is 5.75. The van der Waals surface area contributed by atoms with E-state index in [4.69, 9.17) is 0 Å². The van der Waals surface area contributed by atoms with Crippen LogP contribution in [0.15, 0.2) is 47.4 Å². The van der Waals surface area contributed by atoms with Crippen LogP contribution in [0.3, 0.4) is 0 Å². The van der Waals surface area contributed by atoms with Crippen molar-refractivity contribution in [2.24, 2.45) is 0 Å². The normalized spacial score (nSPS) is 18.1. The maximum atomic E-state index is 11.8. The van der Waals surface area contributed by atoms with Crippen molar-refractivity contribution < 1.29 is 5.11 Å². The summed E-state index contributed by atoms with van der Waals surface area (Å²) < 4.78 is 1.64. The Bertz CT molecular complexity index is 616. The summed E-state index contributed by atoms with van der Waals surface area (Å²) in [6, 6.07) is 10.9. The molecule has 1 unspecified atom stereocenters. The molecule has 0 amide bonds. The predicted molar refractivity (Wildman–Crippen MR) is 65.3 cm³/mol. The number of pyridine rings is 1. The molecule has 0 spiro atoms. The van der Waals surface area contributed by atoms with Gasteiger partial charge in [0.15, 0.2) is 0 Å². The summed E-state index contributed by atoms with van der Waals surface area (Å²) >= 11 is 0. The molecule has 1 aliphatic rings. The second-order valence-electron chi connectivity index (χ2n) is 4.31. The third kappa shape index (κ3) is 1.59. The van der Waals surface area contributed by atoms with Gasteiger partial charge in [0, 0.05) is 12.3 Å². The van der Waals surface area contributed by atoms with Gasteiger partial charge in [0.2, 0.25) is 0 Å². The molecular weight excluding hydrogens is 214 g/mol. The molecule has 2 aromatic rings. The Morgan fingerprint density at radius 1 is 1.18 bits per heavy atom. The lowest BCUT2D eigenvalue weighted by atomic mass is 10.1. The van der Waals surface area contributed by atoms with E-state index in [9.17, 15) is 9.90 Å². The van der Waals surface area contributed by atoms with E-state index in [0.29, 0.717) is 0 Å². The van der Waals surface area contributed by atoms with Gasteiger partial charge in [-0.3, -0.25) is 9.36 Å². The summed E-state index contributed by atoms with van der Waals surface area (Å²) in [4.78, 5) is 11.8. The highest BCUT2D eigenvalue weighted by Crippen LogP contribution is 2.34. The molecule has 1 atom stereocenters. The Kier molecular flexibility index (Phi) is 2.34. The van der Waals surface area contributed by atoms with E-state index < -0.39 is 0 Å². The average molecular weight is 227 g/mol. The van der Waals surface area contributed by atoms with E-state index in [1.165, 1.54) is 0 Å². The Morgan fingerprint density at radius 2 is 2.06 bits per heavy atom. The van der Waals surface area contributed by atoms with Gasteiger partial charge in [0.1, 0.15) is 0 Å². The summed E-state index contributed by atoms with van der Waals surface area (Å²) in [5.41, 5.74) is 2.90. The Labute approximate surface area is 99.0 Å². The highest BCUT2D eigenvalue weighted by Gasteiger charge is 2.23. The van der Waals surface area contributed by atoms with E-state index in [0.717, 1.165) is 29.7 Å². The summed E-state index contributed by atoms with van der Waals surface area (Å²) in [7, 11) is 0. The topological polar surface area (TPSA) is 42.2 Å². The van der Waals surface area contributed by atoms with Crippen LogP contribution in [0, 0.1) is 0 Å². The number of nitrogens with zero attached hydrogens (tertiary/aromatic N) is 1. The highest BCUT2D eigenvalue weighted by atomic mass is 16.3. The number of aromatic nitrogens is 1. The molecule has 1 aliphatic carbocycles. The van der Waals surface area contributed by atoms with Crippen LogP contribution in [-0.4, -0.2) is 9.67 Å². The van der Waals surface area contributed by atoms with Crippen molar-refractivity contribution in [1.82, 2.24) is 4.57 Å². The van der Waals surface area contributed by atoms with Crippen LogP contribution in [-0.2, 0) is 6.42 Å². The highest BCUT2D eigenvalue weighted by molar-refractivity contribution is 5.49. The lowest BCUT2D eigenvalue weighted by molar-refractivity contribution is 0.180. The van der Waals surface area contributed by atoms with Crippen LogP contribution in [0.5, 0.6) is 0 Å². The van der Waals surface area contributed by atoms with Gasteiger partial charge in [-0.05, 0) is 36.1 Å².